The summed E-state index contributed by atoms with van der Waals surface area (Å²) < 4.78 is 25.7. The molecule has 1 amide bonds. The Labute approximate surface area is 112 Å². The van der Waals surface area contributed by atoms with Crippen molar-refractivity contribution in [3.63, 3.8) is 0 Å². The minimum Gasteiger partial charge on any atom is -0.325 e. The van der Waals surface area contributed by atoms with Crippen LogP contribution < -0.4 is 5.32 Å². The molecular weight excluding hydrogens is 250 g/mol. The number of benzene rings is 1. The Morgan fingerprint density at radius 2 is 1.79 bits per heavy atom. The van der Waals surface area contributed by atoms with Crippen LogP contribution in [0.2, 0.25) is 0 Å². The minimum absolute atomic E-state index is 0.215. The Balaban J connectivity index is 2.55. The Kier molecular flexibility index (Phi) is 6.42. The monoisotopic (exact) mass is 270 g/mol. The lowest BCUT2D eigenvalue weighted by molar-refractivity contribution is -0.117. The number of carbonyl (C=O) groups excluding carboxylic acids is 1. The van der Waals surface area contributed by atoms with Crippen LogP contribution in [0, 0.1) is 11.6 Å². The molecule has 0 saturated heterocycles. The van der Waals surface area contributed by atoms with Gasteiger partial charge in [0, 0.05) is 11.8 Å². The summed E-state index contributed by atoms with van der Waals surface area (Å²) in [7, 11) is 0. The lowest BCUT2D eigenvalue weighted by Gasteiger charge is -2.20. The molecule has 3 nitrogen and oxygen atoms in total. The topological polar surface area (TPSA) is 32.3 Å². The van der Waals surface area contributed by atoms with E-state index in [2.05, 4.69) is 19.2 Å². The predicted octanol–water partition coefficient (Wildman–Crippen LogP) is 3.03. The Morgan fingerprint density at radius 1 is 1.16 bits per heavy atom. The molecule has 0 heterocycles. The SMILES string of the molecule is CCCN(CCC)CC(=O)Nc1ccc(F)c(F)c1. The third-order valence-corrected chi connectivity index (χ3v) is 2.65. The molecule has 0 aliphatic rings. The Morgan fingerprint density at radius 3 is 2.32 bits per heavy atom. The molecule has 0 fully saturated rings. The lowest BCUT2D eigenvalue weighted by Crippen LogP contribution is -2.34. The number of hydrogen-bond donors (Lipinski definition) is 1. The maximum Gasteiger partial charge on any atom is 0.238 e. The number of nitrogens with zero attached hydrogens (tertiary/aromatic N) is 1. The van der Waals surface area contributed by atoms with Gasteiger partial charge in [0.05, 0.1) is 6.54 Å². The van der Waals surface area contributed by atoms with E-state index in [9.17, 15) is 13.6 Å². The molecule has 19 heavy (non-hydrogen) atoms. The van der Waals surface area contributed by atoms with Crippen LogP contribution in [0.15, 0.2) is 18.2 Å². The zero-order valence-electron chi connectivity index (χ0n) is 11.4. The summed E-state index contributed by atoms with van der Waals surface area (Å²) in [6.07, 6.45) is 1.94. The van der Waals surface area contributed by atoms with E-state index < -0.39 is 11.6 Å². The highest BCUT2D eigenvalue weighted by molar-refractivity contribution is 5.92. The molecule has 0 saturated carbocycles. The predicted molar refractivity (Wildman–Crippen MR) is 72.0 cm³/mol. The van der Waals surface area contributed by atoms with E-state index in [1.165, 1.54) is 6.07 Å². The molecule has 0 aliphatic heterocycles. The smallest absolute Gasteiger partial charge is 0.238 e. The summed E-state index contributed by atoms with van der Waals surface area (Å²) >= 11 is 0. The fourth-order valence-corrected chi connectivity index (χ4v) is 1.88. The van der Waals surface area contributed by atoms with E-state index in [-0.39, 0.29) is 18.1 Å². The van der Waals surface area contributed by atoms with Gasteiger partial charge in [0.2, 0.25) is 5.91 Å². The van der Waals surface area contributed by atoms with Gasteiger partial charge in [0.25, 0.3) is 0 Å². The third-order valence-electron chi connectivity index (χ3n) is 2.65. The molecule has 106 valence electrons. The maximum atomic E-state index is 13.0. The van der Waals surface area contributed by atoms with Crippen molar-refractivity contribution >= 4 is 11.6 Å². The second kappa shape index (κ2) is 7.84. The van der Waals surface area contributed by atoms with Crippen molar-refractivity contribution in [2.75, 3.05) is 25.0 Å². The van der Waals surface area contributed by atoms with Crippen LogP contribution in [0.25, 0.3) is 0 Å². The van der Waals surface area contributed by atoms with Crippen molar-refractivity contribution in [1.29, 1.82) is 0 Å². The molecular formula is C14H20F2N2O. The van der Waals surface area contributed by atoms with Crippen LogP contribution in [0.1, 0.15) is 26.7 Å². The van der Waals surface area contributed by atoms with E-state index in [0.717, 1.165) is 38.1 Å². The van der Waals surface area contributed by atoms with Gasteiger partial charge < -0.3 is 5.32 Å². The van der Waals surface area contributed by atoms with Crippen molar-refractivity contribution in [2.24, 2.45) is 0 Å². The van der Waals surface area contributed by atoms with Gasteiger partial charge >= 0.3 is 0 Å². The summed E-state index contributed by atoms with van der Waals surface area (Å²) in [5.41, 5.74) is 0.275. The average Bonchev–Trinajstić information content (AvgIpc) is 2.34. The van der Waals surface area contributed by atoms with Crippen molar-refractivity contribution in [3.05, 3.63) is 29.8 Å². The fraction of sp³-hybridized carbons (Fsp3) is 0.500. The molecule has 0 bridgehead atoms. The van der Waals surface area contributed by atoms with Crippen molar-refractivity contribution in [3.8, 4) is 0 Å². The number of rotatable bonds is 7. The van der Waals surface area contributed by atoms with Crippen LogP contribution in [0.5, 0.6) is 0 Å². The van der Waals surface area contributed by atoms with E-state index in [0.29, 0.717) is 0 Å². The van der Waals surface area contributed by atoms with Crippen LogP contribution in [0.3, 0.4) is 0 Å². The highest BCUT2D eigenvalue weighted by Crippen LogP contribution is 2.13. The summed E-state index contributed by atoms with van der Waals surface area (Å²) in [4.78, 5) is 13.8. The second-order valence-electron chi connectivity index (χ2n) is 4.45. The molecule has 5 heteroatoms. The number of amides is 1. The van der Waals surface area contributed by atoms with Gasteiger partial charge in [-0.2, -0.15) is 0 Å². The molecule has 0 atom stereocenters. The number of nitrogens with one attached hydrogen (secondary N) is 1. The highest BCUT2D eigenvalue weighted by atomic mass is 19.2. The van der Waals surface area contributed by atoms with Crippen LogP contribution in [-0.4, -0.2) is 30.4 Å². The lowest BCUT2D eigenvalue weighted by atomic mass is 10.3. The maximum absolute atomic E-state index is 13.0. The van der Waals surface area contributed by atoms with Gasteiger partial charge in [-0.15, -0.1) is 0 Å². The van der Waals surface area contributed by atoms with Gasteiger partial charge in [-0.25, -0.2) is 8.78 Å². The van der Waals surface area contributed by atoms with Gasteiger partial charge in [0.1, 0.15) is 0 Å². The van der Waals surface area contributed by atoms with Gasteiger partial charge in [-0.05, 0) is 38.1 Å². The fourth-order valence-electron chi connectivity index (χ4n) is 1.88. The molecule has 0 aliphatic carbocycles. The third kappa shape index (κ3) is 5.34. The second-order valence-corrected chi connectivity index (χ2v) is 4.45. The quantitative estimate of drug-likeness (QED) is 0.826. The Hall–Kier alpha value is -1.49. The molecule has 1 N–H and O–H groups in total. The zero-order chi connectivity index (χ0) is 14.3. The zero-order valence-corrected chi connectivity index (χ0v) is 11.4. The summed E-state index contributed by atoms with van der Waals surface area (Å²) in [5, 5.41) is 2.57. The molecule has 0 unspecified atom stereocenters. The number of hydrogen-bond acceptors (Lipinski definition) is 2. The van der Waals surface area contributed by atoms with Gasteiger partial charge in [-0.3, -0.25) is 9.69 Å². The van der Waals surface area contributed by atoms with E-state index in [1.807, 2.05) is 4.90 Å². The van der Waals surface area contributed by atoms with Crippen molar-refractivity contribution in [2.45, 2.75) is 26.7 Å². The van der Waals surface area contributed by atoms with Gasteiger partial charge in [0.15, 0.2) is 11.6 Å². The van der Waals surface area contributed by atoms with Gasteiger partial charge in [-0.1, -0.05) is 13.8 Å². The summed E-state index contributed by atoms with van der Waals surface area (Å²) in [6.45, 7) is 6.06. The van der Waals surface area contributed by atoms with Crippen LogP contribution in [0.4, 0.5) is 14.5 Å². The number of carbonyl (C=O) groups is 1. The largest absolute Gasteiger partial charge is 0.325 e. The minimum atomic E-state index is -0.961. The van der Waals surface area contributed by atoms with E-state index in [4.69, 9.17) is 0 Å². The first-order valence-corrected chi connectivity index (χ1v) is 6.54. The molecule has 1 aromatic carbocycles. The summed E-state index contributed by atoms with van der Waals surface area (Å²) in [5.74, 6) is -2.10. The average molecular weight is 270 g/mol. The van der Waals surface area contributed by atoms with Crippen LogP contribution in [-0.2, 0) is 4.79 Å². The number of halogens is 2. The first-order valence-electron chi connectivity index (χ1n) is 6.54. The highest BCUT2D eigenvalue weighted by Gasteiger charge is 2.10. The van der Waals surface area contributed by atoms with Crippen molar-refractivity contribution in [1.82, 2.24) is 4.90 Å². The van der Waals surface area contributed by atoms with E-state index >= 15 is 0 Å². The molecule has 0 spiro atoms. The molecule has 0 radical (unpaired) electrons. The standard InChI is InChI=1S/C14H20F2N2O/c1-3-7-18(8-4-2)10-14(19)17-11-5-6-12(15)13(16)9-11/h5-6,9H,3-4,7-8,10H2,1-2H3,(H,17,19). The normalized spacial score (nSPS) is 10.8. The molecule has 0 aromatic heterocycles. The Bertz CT molecular complexity index is 418. The molecule has 1 rings (SSSR count). The first kappa shape index (κ1) is 15.6. The van der Waals surface area contributed by atoms with E-state index in [1.54, 1.807) is 0 Å². The van der Waals surface area contributed by atoms with Crippen LogP contribution >= 0.6 is 0 Å². The number of anilines is 1. The molecule has 1 aromatic rings. The first-order chi connectivity index (χ1) is 9.06. The van der Waals surface area contributed by atoms with Crippen molar-refractivity contribution < 1.29 is 13.6 Å². The summed E-state index contributed by atoms with van der Waals surface area (Å²) in [6, 6.07) is 3.33.